The van der Waals surface area contributed by atoms with Crippen molar-refractivity contribution >= 4 is 27.5 Å². The molecule has 4 N–H and O–H groups in total. The summed E-state index contributed by atoms with van der Waals surface area (Å²) >= 11 is 0. The van der Waals surface area contributed by atoms with E-state index < -0.39 is 10.2 Å². The molecular formula is C14H21N3O3S. The van der Waals surface area contributed by atoms with Crippen molar-refractivity contribution in [2.45, 2.75) is 39.0 Å². The summed E-state index contributed by atoms with van der Waals surface area (Å²) in [6.07, 6.45) is 4.78. The number of hydrogen-bond acceptors (Lipinski definition) is 3. The van der Waals surface area contributed by atoms with Gasteiger partial charge in [0.05, 0.1) is 5.69 Å². The number of amides is 1. The standard InChI is InChI=1S/C14H21N3O3S/c1-2-14(8-3-4-9-14)13(18)16-11-6-5-7-12(10-11)17-21(15,19)20/h5-7,10,17H,2-4,8-9H2,1H3,(H,16,18)(H2,15,19,20). The zero-order valence-electron chi connectivity index (χ0n) is 12.1. The van der Waals surface area contributed by atoms with Crippen LogP contribution in [0.1, 0.15) is 39.0 Å². The first-order valence-electron chi connectivity index (χ1n) is 7.07. The Bertz CT molecular complexity index is 622. The Labute approximate surface area is 125 Å². The SMILES string of the molecule is CCC1(C(=O)Nc2cccc(NS(N)(=O)=O)c2)CCCC1. The Morgan fingerprint density at radius 2 is 1.90 bits per heavy atom. The van der Waals surface area contributed by atoms with E-state index in [0.717, 1.165) is 32.1 Å². The summed E-state index contributed by atoms with van der Waals surface area (Å²) in [6, 6.07) is 6.52. The molecule has 1 aliphatic rings. The Balaban J connectivity index is 2.12. The van der Waals surface area contributed by atoms with E-state index in [0.29, 0.717) is 11.4 Å². The lowest BCUT2D eigenvalue weighted by Gasteiger charge is -2.26. The lowest BCUT2D eigenvalue weighted by Crippen LogP contribution is -2.33. The number of rotatable bonds is 5. The van der Waals surface area contributed by atoms with Gasteiger partial charge in [0.15, 0.2) is 0 Å². The Kier molecular flexibility index (Phi) is 4.53. The van der Waals surface area contributed by atoms with E-state index in [9.17, 15) is 13.2 Å². The minimum atomic E-state index is -3.82. The van der Waals surface area contributed by atoms with Crippen LogP contribution in [0.2, 0.25) is 0 Å². The molecule has 1 fully saturated rings. The fourth-order valence-electron chi connectivity index (χ4n) is 2.88. The van der Waals surface area contributed by atoms with Crippen molar-refractivity contribution in [3.63, 3.8) is 0 Å². The zero-order chi connectivity index (χ0) is 15.5. The summed E-state index contributed by atoms with van der Waals surface area (Å²) in [5, 5.41) is 7.82. The molecule has 0 atom stereocenters. The third-order valence-electron chi connectivity index (χ3n) is 4.10. The van der Waals surface area contributed by atoms with Crippen LogP contribution < -0.4 is 15.2 Å². The van der Waals surface area contributed by atoms with Gasteiger partial charge in [-0.15, -0.1) is 0 Å². The molecular weight excluding hydrogens is 290 g/mol. The molecule has 1 saturated carbocycles. The minimum Gasteiger partial charge on any atom is -0.326 e. The number of hydrogen-bond donors (Lipinski definition) is 3. The van der Waals surface area contributed by atoms with E-state index >= 15 is 0 Å². The Hall–Kier alpha value is -1.60. The van der Waals surface area contributed by atoms with Crippen molar-refractivity contribution in [3.05, 3.63) is 24.3 Å². The highest BCUT2D eigenvalue weighted by Gasteiger charge is 2.39. The van der Waals surface area contributed by atoms with Crippen molar-refractivity contribution in [2.75, 3.05) is 10.0 Å². The number of benzene rings is 1. The molecule has 0 heterocycles. The summed E-state index contributed by atoms with van der Waals surface area (Å²) in [7, 11) is -3.82. The maximum atomic E-state index is 12.5. The molecule has 0 unspecified atom stereocenters. The van der Waals surface area contributed by atoms with Crippen LogP contribution in [0.3, 0.4) is 0 Å². The van der Waals surface area contributed by atoms with Crippen molar-refractivity contribution in [2.24, 2.45) is 10.6 Å². The predicted octanol–water partition coefficient (Wildman–Crippen LogP) is 2.21. The van der Waals surface area contributed by atoms with Crippen LogP contribution >= 0.6 is 0 Å². The van der Waals surface area contributed by atoms with Gasteiger partial charge in [-0.05, 0) is 37.5 Å². The molecule has 1 amide bonds. The van der Waals surface area contributed by atoms with Crippen molar-refractivity contribution in [1.29, 1.82) is 0 Å². The van der Waals surface area contributed by atoms with Gasteiger partial charge < -0.3 is 5.32 Å². The van der Waals surface area contributed by atoms with Gasteiger partial charge in [-0.2, -0.15) is 8.42 Å². The normalized spacial score (nSPS) is 17.4. The lowest BCUT2D eigenvalue weighted by atomic mass is 9.82. The zero-order valence-corrected chi connectivity index (χ0v) is 12.9. The summed E-state index contributed by atoms with van der Waals surface area (Å²) in [5.41, 5.74) is 0.601. The molecule has 0 saturated heterocycles. The molecule has 7 heteroatoms. The van der Waals surface area contributed by atoms with E-state index in [2.05, 4.69) is 10.0 Å². The Morgan fingerprint density at radius 1 is 1.29 bits per heavy atom. The van der Waals surface area contributed by atoms with Crippen LogP contribution in [0.5, 0.6) is 0 Å². The average molecular weight is 311 g/mol. The molecule has 0 spiro atoms. The van der Waals surface area contributed by atoms with Gasteiger partial charge in [-0.3, -0.25) is 9.52 Å². The third kappa shape index (κ3) is 3.95. The van der Waals surface area contributed by atoms with E-state index in [1.807, 2.05) is 6.92 Å². The first-order chi connectivity index (χ1) is 9.85. The molecule has 116 valence electrons. The van der Waals surface area contributed by atoms with Crippen LogP contribution in [-0.2, 0) is 15.0 Å². The first kappa shape index (κ1) is 15.8. The molecule has 2 rings (SSSR count). The highest BCUT2D eigenvalue weighted by molar-refractivity contribution is 7.90. The monoisotopic (exact) mass is 311 g/mol. The topological polar surface area (TPSA) is 101 Å². The van der Waals surface area contributed by atoms with Crippen molar-refractivity contribution < 1.29 is 13.2 Å². The average Bonchev–Trinajstić information content (AvgIpc) is 2.87. The fraction of sp³-hybridized carbons (Fsp3) is 0.500. The largest absolute Gasteiger partial charge is 0.326 e. The van der Waals surface area contributed by atoms with Gasteiger partial charge in [-0.1, -0.05) is 25.8 Å². The molecule has 1 aromatic rings. The van der Waals surface area contributed by atoms with Crippen LogP contribution in [0, 0.1) is 5.41 Å². The smallest absolute Gasteiger partial charge is 0.296 e. The summed E-state index contributed by atoms with van der Waals surface area (Å²) in [4.78, 5) is 12.5. The van der Waals surface area contributed by atoms with Crippen molar-refractivity contribution in [3.8, 4) is 0 Å². The Morgan fingerprint density at radius 3 is 2.48 bits per heavy atom. The van der Waals surface area contributed by atoms with Gasteiger partial charge in [0.1, 0.15) is 0 Å². The van der Waals surface area contributed by atoms with Crippen LogP contribution in [0.15, 0.2) is 24.3 Å². The highest BCUT2D eigenvalue weighted by atomic mass is 32.2. The molecule has 21 heavy (non-hydrogen) atoms. The third-order valence-corrected chi connectivity index (χ3v) is 4.62. The molecule has 1 aromatic carbocycles. The van der Waals surface area contributed by atoms with E-state index in [-0.39, 0.29) is 11.3 Å². The maximum Gasteiger partial charge on any atom is 0.296 e. The molecule has 0 aliphatic heterocycles. The quantitative estimate of drug-likeness (QED) is 0.777. The second-order valence-corrected chi connectivity index (χ2v) is 6.82. The molecule has 0 aromatic heterocycles. The number of nitrogens with two attached hydrogens (primary N) is 1. The van der Waals surface area contributed by atoms with Crippen LogP contribution in [0.25, 0.3) is 0 Å². The maximum absolute atomic E-state index is 12.5. The molecule has 6 nitrogen and oxygen atoms in total. The number of anilines is 2. The van der Waals surface area contributed by atoms with Crippen molar-refractivity contribution in [1.82, 2.24) is 0 Å². The van der Waals surface area contributed by atoms with Gasteiger partial charge >= 0.3 is 0 Å². The van der Waals surface area contributed by atoms with E-state index in [1.54, 1.807) is 24.3 Å². The first-order valence-corrected chi connectivity index (χ1v) is 8.61. The highest BCUT2D eigenvalue weighted by Crippen LogP contribution is 2.41. The van der Waals surface area contributed by atoms with Gasteiger partial charge in [0.2, 0.25) is 5.91 Å². The molecule has 1 aliphatic carbocycles. The van der Waals surface area contributed by atoms with Crippen LogP contribution in [0.4, 0.5) is 11.4 Å². The van der Waals surface area contributed by atoms with Crippen LogP contribution in [-0.4, -0.2) is 14.3 Å². The minimum absolute atomic E-state index is 0.00950. The molecule has 0 bridgehead atoms. The second-order valence-electron chi connectivity index (χ2n) is 5.52. The van der Waals surface area contributed by atoms with Gasteiger partial charge in [-0.25, -0.2) is 5.14 Å². The fourth-order valence-corrected chi connectivity index (χ4v) is 3.34. The summed E-state index contributed by atoms with van der Waals surface area (Å²) in [6.45, 7) is 2.03. The van der Waals surface area contributed by atoms with E-state index in [4.69, 9.17) is 5.14 Å². The lowest BCUT2D eigenvalue weighted by molar-refractivity contribution is -0.125. The van der Waals surface area contributed by atoms with Gasteiger partial charge in [0.25, 0.3) is 10.2 Å². The summed E-state index contributed by atoms with van der Waals surface area (Å²) in [5.74, 6) is 0.00950. The molecule has 0 radical (unpaired) electrons. The number of nitrogens with one attached hydrogen (secondary N) is 2. The summed E-state index contributed by atoms with van der Waals surface area (Å²) < 4.78 is 24.2. The van der Waals surface area contributed by atoms with E-state index in [1.165, 1.54) is 0 Å². The second kappa shape index (κ2) is 6.03. The number of carbonyl (C=O) groups excluding carboxylic acids is 1. The predicted molar refractivity (Wildman–Crippen MR) is 83.0 cm³/mol. The van der Waals surface area contributed by atoms with Gasteiger partial charge in [0, 0.05) is 11.1 Å². The number of carbonyl (C=O) groups is 1.